The molecule has 0 amide bonds. The third kappa shape index (κ3) is 4.30. The van der Waals surface area contributed by atoms with Crippen molar-refractivity contribution < 1.29 is 4.74 Å². The summed E-state index contributed by atoms with van der Waals surface area (Å²) in [6.07, 6.45) is 0.987. The number of halogens is 2. The maximum atomic E-state index is 6.13. The zero-order valence-electron chi connectivity index (χ0n) is 15.1. The van der Waals surface area contributed by atoms with Gasteiger partial charge in [-0.05, 0) is 54.3 Å². The first-order valence-electron chi connectivity index (χ1n) is 8.63. The molecule has 1 unspecified atom stereocenters. The Bertz CT molecular complexity index is 876. The Kier molecular flexibility index (Phi) is 6.05. The molecule has 3 nitrogen and oxygen atoms in total. The molecule has 26 heavy (non-hydrogen) atoms. The van der Waals surface area contributed by atoms with Crippen LogP contribution in [0.1, 0.15) is 43.4 Å². The van der Waals surface area contributed by atoms with Crippen molar-refractivity contribution in [3.63, 3.8) is 0 Å². The van der Waals surface area contributed by atoms with Crippen LogP contribution in [0.15, 0.2) is 59.1 Å². The molecule has 0 radical (unpaired) electrons. The maximum absolute atomic E-state index is 6.13. The largest absolute Gasteiger partial charge is 0.481 e. The zero-order chi connectivity index (χ0) is 18.7. The molecule has 136 valence electrons. The highest BCUT2D eigenvalue weighted by atomic mass is 79.9. The van der Waals surface area contributed by atoms with Crippen molar-refractivity contribution in [2.45, 2.75) is 32.1 Å². The summed E-state index contributed by atoms with van der Waals surface area (Å²) in [5, 5.41) is 5.58. The summed E-state index contributed by atoms with van der Waals surface area (Å²) in [5.74, 6) is 1.44. The van der Waals surface area contributed by atoms with E-state index in [0.717, 1.165) is 33.2 Å². The SMILES string of the molecule is COc1cc(C(C)C[C@H](C)c2cccc(Cl)c2)nn1-c1ccc(Br)cc1. The van der Waals surface area contributed by atoms with Crippen LogP contribution in [0.3, 0.4) is 0 Å². The van der Waals surface area contributed by atoms with E-state index < -0.39 is 0 Å². The molecule has 2 aromatic carbocycles. The molecule has 0 N–H and O–H groups in total. The predicted octanol–water partition coefficient (Wildman–Crippen LogP) is 6.59. The minimum absolute atomic E-state index is 0.301. The molecule has 0 saturated carbocycles. The lowest BCUT2D eigenvalue weighted by Crippen LogP contribution is -2.04. The van der Waals surface area contributed by atoms with Gasteiger partial charge in [-0.15, -0.1) is 0 Å². The lowest BCUT2D eigenvalue weighted by Gasteiger charge is -2.16. The minimum atomic E-state index is 0.301. The molecule has 5 heteroatoms. The van der Waals surface area contributed by atoms with Crippen LogP contribution in [0.25, 0.3) is 5.69 Å². The second-order valence-corrected chi connectivity index (χ2v) is 7.94. The van der Waals surface area contributed by atoms with Gasteiger partial charge in [0.25, 0.3) is 0 Å². The second-order valence-electron chi connectivity index (χ2n) is 6.59. The number of aromatic nitrogens is 2. The van der Waals surface area contributed by atoms with Gasteiger partial charge in [0.1, 0.15) is 0 Å². The Labute approximate surface area is 168 Å². The lowest BCUT2D eigenvalue weighted by atomic mass is 9.89. The molecule has 1 aromatic heterocycles. The molecule has 3 rings (SSSR count). The average Bonchev–Trinajstić information content (AvgIpc) is 3.07. The van der Waals surface area contributed by atoms with E-state index in [-0.39, 0.29) is 0 Å². The summed E-state index contributed by atoms with van der Waals surface area (Å²) in [5.41, 5.74) is 3.26. The summed E-state index contributed by atoms with van der Waals surface area (Å²) < 4.78 is 8.43. The highest BCUT2D eigenvalue weighted by Crippen LogP contribution is 2.32. The topological polar surface area (TPSA) is 27.1 Å². The molecule has 0 saturated heterocycles. The van der Waals surface area contributed by atoms with E-state index in [1.165, 1.54) is 5.56 Å². The van der Waals surface area contributed by atoms with Gasteiger partial charge in [-0.3, -0.25) is 0 Å². The van der Waals surface area contributed by atoms with Gasteiger partial charge >= 0.3 is 0 Å². The van der Waals surface area contributed by atoms with Crippen LogP contribution in [0.4, 0.5) is 0 Å². The molecule has 3 aromatic rings. The first kappa shape index (κ1) is 19.0. The van der Waals surface area contributed by atoms with E-state index in [0.29, 0.717) is 11.8 Å². The fourth-order valence-electron chi connectivity index (χ4n) is 3.14. The van der Waals surface area contributed by atoms with Crippen molar-refractivity contribution >= 4 is 27.5 Å². The fraction of sp³-hybridized carbons (Fsp3) is 0.286. The Morgan fingerprint density at radius 3 is 2.46 bits per heavy atom. The molecule has 0 aliphatic carbocycles. The summed E-state index contributed by atoms with van der Waals surface area (Å²) >= 11 is 9.59. The molecule has 0 aliphatic heterocycles. The van der Waals surface area contributed by atoms with Crippen LogP contribution in [0.5, 0.6) is 5.88 Å². The monoisotopic (exact) mass is 432 g/mol. The summed E-state index contributed by atoms with van der Waals surface area (Å²) in [7, 11) is 1.68. The van der Waals surface area contributed by atoms with Crippen molar-refractivity contribution in [2.75, 3.05) is 7.11 Å². The normalized spacial score (nSPS) is 13.4. The van der Waals surface area contributed by atoms with E-state index in [9.17, 15) is 0 Å². The quantitative estimate of drug-likeness (QED) is 0.438. The standard InChI is InChI=1S/C21H22BrClN2O/c1-14(16-5-4-6-18(23)12-16)11-15(2)20-13-21(26-3)25(24-20)19-9-7-17(22)8-10-19/h4-10,12-15H,11H2,1-3H3/t14-,15?/m0/s1. The molecular formula is C21H22BrClN2O. The first-order chi connectivity index (χ1) is 12.5. The van der Waals surface area contributed by atoms with Gasteiger partial charge in [-0.2, -0.15) is 5.10 Å². The van der Waals surface area contributed by atoms with Crippen LogP contribution < -0.4 is 4.74 Å². The summed E-state index contributed by atoms with van der Waals surface area (Å²) in [4.78, 5) is 0. The highest BCUT2D eigenvalue weighted by molar-refractivity contribution is 9.10. The average molecular weight is 434 g/mol. The Balaban J connectivity index is 1.81. The number of nitrogens with zero attached hydrogens (tertiary/aromatic N) is 2. The summed E-state index contributed by atoms with van der Waals surface area (Å²) in [6, 6.07) is 18.1. The van der Waals surface area contributed by atoms with Gasteiger partial charge in [0.05, 0.1) is 18.5 Å². The lowest BCUT2D eigenvalue weighted by molar-refractivity contribution is 0.383. The van der Waals surface area contributed by atoms with Crippen molar-refractivity contribution in [2.24, 2.45) is 0 Å². The van der Waals surface area contributed by atoms with Crippen LogP contribution in [0, 0.1) is 0 Å². The zero-order valence-corrected chi connectivity index (χ0v) is 17.5. The van der Waals surface area contributed by atoms with Gasteiger partial charge in [0, 0.05) is 21.5 Å². The van der Waals surface area contributed by atoms with Crippen LogP contribution in [-0.2, 0) is 0 Å². The second kappa shape index (κ2) is 8.28. The summed E-state index contributed by atoms with van der Waals surface area (Å²) in [6.45, 7) is 4.43. The Morgan fingerprint density at radius 2 is 1.81 bits per heavy atom. The molecule has 0 fully saturated rings. The predicted molar refractivity (Wildman–Crippen MR) is 111 cm³/mol. The van der Waals surface area contributed by atoms with Crippen molar-refractivity contribution in [3.8, 4) is 11.6 Å². The van der Waals surface area contributed by atoms with Gasteiger partial charge in [0.2, 0.25) is 5.88 Å². The molecular weight excluding hydrogens is 412 g/mol. The number of benzene rings is 2. The van der Waals surface area contributed by atoms with Crippen molar-refractivity contribution in [1.82, 2.24) is 9.78 Å². The minimum Gasteiger partial charge on any atom is -0.481 e. The third-order valence-corrected chi connectivity index (χ3v) is 5.37. The first-order valence-corrected chi connectivity index (χ1v) is 9.80. The van der Waals surface area contributed by atoms with Gasteiger partial charge in [-0.25, -0.2) is 4.68 Å². The van der Waals surface area contributed by atoms with Crippen molar-refractivity contribution in [3.05, 3.63) is 75.4 Å². The molecule has 1 heterocycles. The van der Waals surface area contributed by atoms with E-state index in [1.807, 2.05) is 53.2 Å². The number of rotatable bonds is 6. The number of ether oxygens (including phenoxy) is 1. The molecule has 2 atom stereocenters. The van der Waals surface area contributed by atoms with Crippen LogP contribution in [0.2, 0.25) is 5.02 Å². The van der Waals surface area contributed by atoms with E-state index in [1.54, 1.807) is 7.11 Å². The van der Waals surface area contributed by atoms with Gasteiger partial charge < -0.3 is 4.74 Å². The number of hydrogen-bond donors (Lipinski definition) is 0. The molecule has 0 bridgehead atoms. The third-order valence-electron chi connectivity index (χ3n) is 4.61. The van der Waals surface area contributed by atoms with Gasteiger partial charge in [-0.1, -0.05) is 53.5 Å². The molecule has 0 aliphatic rings. The van der Waals surface area contributed by atoms with E-state index in [4.69, 9.17) is 21.4 Å². The molecule has 0 spiro atoms. The Morgan fingerprint density at radius 1 is 1.08 bits per heavy atom. The van der Waals surface area contributed by atoms with Crippen LogP contribution >= 0.6 is 27.5 Å². The Hall–Kier alpha value is -1.78. The highest BCUT2D eigenvalue weighted by Gasteiger charge is 2.18. The number of methoxy groups -OCH3 is 1. The van der Waals surface area contributed by atoms with Gasteiger partial charge in [0.15, 0.2) is 0 Å². The van der Waals surface area contributed by atoms with E-state index >= 15 is 0 Å². The van der Waals surface area contributed by atoms with E-state index in [2.05, 4.69) is 35.8 Å². The maximum Gasteiger partial charge on any atom is 0.216 e. The van der Waals surface area contributed by atoms with Crippen LogP contribution in [-0.4, -0.2) is 16.9 Å². The number of hydrogen-bond acceptors (Lipinski definition) is 2. The fourth-order valence-corrected chi connectivity index (χ4v) is 3.60. The van der Waals surface area contributed by atoms with Crippen molar-refractivity contribution in [1.29, 1.82) is 0 Å². The smallest absolute Gasteiger partial charge is 0.216 e.